The number of hydrogen-bond donors (Lipinski definition) is 3. The monoisotopic (exact) mass is 280 g/mol. The van der Waals surface area contributed by atoms with Gasteiger partial charge in [0, 0.05) is 19.3 Å². The van der Waals surface area contributed by atoms with Crippen LogP contribution < -0.4 is 5.32 Å². The summed E-state index contributed by atoms with van der Waals surface area (Å²) in [6, 6.07) is 3.64. The molecule has 0 aliphatic heterocycles. The average molecular weight is 280 g/mol. The first-order valence-corrected chi connectivity index (χ1v) is 6.81. The van der Waals surface area contributed by atoms with Gasteiger partial charge in [0.1, 0.15) is 5.69 Å². The molecule has 2 heterocycles. The van der Waals surface area contributed by atoms with Crippen molar-refractivity contribution in [3.05, 3.63) is 45.9 Å². The van der Waals surface area contributed by atoms with E-state index in [-0.39, 0.29) is 5.97 Å². The fraction of sp³-hybridized carbons (Fsp3) is 0.308. The fourth-order valence-corrected chi connectivity index (χ4v) is 2.41. The van der Waals surface area contributed by atoms with Gasteiger partial charge in [0.2, 0.25) is 0 Å². The van der Waals surface area contributed by atoms with Gasteiger partial charge in [-0.15, -0.1) is 0 Å². The Bertz CT molecular complexity index is 522. The van der Waals surface area contributed by atoms with Crippen LogP contribution in [-0.2, 0) is 11.3 Å². The predicted molar refractivity (Wildman–Crippen MR) is 73.1 cm³/mol. The normalized spacial score (nSPS) is 12.3. The first-order valence-electron chi connectivity index (χ1n) is 5.87. The molecule has 0 aliphatic carbocycles. The second-order valence-corrected chi connectivity index (χ2v) is 4.90. The fourth-order valence-electron chi connectivity index (χ4n) is 1.70. The molecule has 0 aliphatic rings. The minimum Gasteiger partial charge on any atom is -0.464 e. The van der Waals surface area contributed by atoms with Gasteiger partial charge in [-0.25, -0.2) is 4.79 Å². The second-order valence-electron chi connectivity index (χ2n) is 4.12. The van der Waals surface area contributed by atoms with Gasteiger partial charge in [-0.1, -0.05) is 0 Å². The highest BCUT2D eigenvalue weighted by Gasteiger charge is 2.09. The molecule has 1 unspecified atom stereocenters. The molecule has 0 aromatic carbocycles. The summed E-state index contributed by atoms with van der Waals surface area (Å²) >= 11 is 1.56. The summed E-state index contributed by atoms with van der Waals surface area (Å²) in [5.41, 5.74) is 2.29. The van der Waals surface area contributed by atoms with E-state index < -0.39 is 6.10 Å². The van der Waals surface area contributed by atoms with E-state index in [0.29, 0.717) is 18.8 Å². The Morgan fingerprint density at radius 3 is 3.16 bits per heavy atom. The molecule has 3 N–H and O–H groups in total. The minimum absolute atomic E-state index is 0.385. The van der Waals surface area contributed by atoms with Crippen molar-refractivity contribution in [2.75, 3.05) is 13.7 Å². The number of nitrogens with one attached hydrogen (secondary N) is 2. The number of ether oxygens (including phenoxy) is 1. The Hall–Kier alpha value is -1.63. The minimum atomic E-state index is -0.509. The molecule has 0 radical (unpaired) electrons. The molecule has 0 amide bonds. The topological polar surface area (TPSA) is 74.3 Å². The molecule has 102 valence electrons. The number of thiophene rings is 1. The zero-order valence-corrected chi connectivity index (χ0v) is 11.4. The van der Waals surface area contributed by atoms with Crippen LogP contribution in [0.15, 0.2) is 29.1 Å². The van der Waals surface area contributed by atoms with Crippen molar-refractivity contribution in [3.63, 3.8) is 0 Å². The Labute approximate surface area is 115 Å². The smallest absolute Gasteiger partial charge is 0.354 e. The van der Waals surface area contributed by atoms with Crippen LogP contribution in [0.2, 0.25) is 0 Å². The van der Waals surface area contributed by atoms with Crippen LogP contribution in [0.25, 0.3) is 0 Å². The third kappa shape index (κ3) is 3.66. The highest BCUT2D eigenvalue weighted by Crippen LogP contribution is 2.15. The number of aromatic nitrogens is 1. The standard InChI is InChI=1S/C13H16N2O3S/c1-18-13(17)11-4-9(6-15-11)5-14-7-12(16)10-2-3-19-8-10/h2-4,6,8,12,14-16H,5,7H2,1H3. The number of carbonyl (C=O) groups is 1. The number of rotatable bonds is 6. The number of methoxy groups -OCH3 is 1. The van der Waals surface area contributed by atoms with Gasteiger partial charge in [-0.3, -0.25) is 0 Å². The Morgan fingerprint density at radius 1 is 1.63 bits per heavy atom. The zero-order valence-electron chi connectivity index (χ0n) is 10.6. The van der Waals surface area contributed by atoms with Gasteiger partial charge >= 0.3 is 5.97 Å². The van der Waals surface area contributed by atoms with Crippen LogP contribution in [-0.4, -0.2) is 29.7 Å². The maximum Gasteiger partial charge on any atom is 0.354 e. The van der Waals surface area contributed by atoms with Crippen molar-refractivity contribution >= 4 is 17.3 Å². The third-order valence-electron chi connectivity index (χ3n) is 2.74. The quantitative estimate of drug-likeness (QED) is 0.704. The molecule has 2 aromatic rings. The van der Waals surface area contributed by atoms with E-state index in [1.165, 1.54) is 7.11 Å². The van der Waals surface area contributed by atoms with E-state index in [1.807, 2.05) is 16.8 Å². The molecule has 0 bridgehead atoms. The van der Waals surface area contributed by atoms with E-state index in [2.05, 4.69) is 15.0 Å². The zero-order chi connectivity index (χ0) is 13.7. The number of aliphatic hydroxyl groups excluding tert-OH is 1. The summed E-state index contributed by atoms with van der Waals surface area (Å²) < 4.78 is 4.61. The summed E-state index contributed by atoms with van der Waals surface area (Å²) in [5, 5.41) is 16.9. The molecule has 1 atom stereocenters. The van der Waals surface area contributed by atoms with Gasteiger partial charge in [0.25, 0.3) is 0 Å². The molecule has 0 saturated heterocycles. The Kier molecular flexibility index (Phi) is 4.73. The lowest BCUT2D eigenvalue weighted by atomic mass is 10.2. The molecule has 2 rings (SSSR count). The first-order chi connectivity index (χ1) is 9.20. The SMILES string of the molecule is COC(=O)c1cc(CNCC(O)c2ccsc2)c[nH]1. The van der Waals surface area contributed by atoms with Crippen molar-refractivity contribution in [3.8, 4) is 0 Å². The highest BCUT2D eigenvalue weighted by molar-refractivity contribution is 7.07. The molecule has 19 heavy (non-hydrogen) atoms. The lowest BCUT2D eigenvalue weighted by Crippen LogP contribution is -2.20. The molecule has 0 saturated carbocycles. The number of carbonyl (C=O) groups excluding carboxylic acids is 1. The number of H-pyrrole nitrogens is 1. The van der Waals surface area contributed by atoms with Crippen LogP contribution in [0.4, 0.5) is 0 Å². The summed E-state index contributed by atoms with van der Waals surface area (Å²) in [4.78, 5) is 14.1. The van der Waals surface area contributed by atoms with Crippen LogP contribution >= 0.6 is 11.3 Å². The van der Waals surface area contributed by atoms with Gasteiger partial charge in [-0.05, 0) is 34.0 Å². The van der Waals surface area contributed by atoms with Gasteiger partial charge < -0.3 is 20.1 Å². The second kappa shape index (κ2) is 6.51. The molecule has 6 heteroatoms. The number of aliphatic hydroxyl groups is 1. The van der Waals surface area contributed by atoms with Gasteiger partial charge in [0.05, 0.1) is 13.2 Å². The van der Waals surface area contributed by atoms with Gasteiger partial charge in [-0.2, -0.15) is 11.3 Å². The average Bonchev–Trinajstić information content (AvgIpc) is 3.08. The number of hydrogen-bond acceptors (Lipinski definition) is 5. The summed E-state index contributed by atoms with van der Waals surface area (Å²) in [5.74, 6) is -0.385. The van der Waals surface area contributed by atoms with Crippen molar-refractivity contribution < 1.29 is 14.6 Å². The van der Waals surface area contributed by atoms with Gasteiger partial charge in [0.15, 0.2) is 0 Å². The van der Waals surface area contributed by atoms with Crippen molar-refractivity contribution in [1.82, 2.24) is 10.3 Å². The maximum atomic E-state index is 11.3. The lowest BCUT2D eigenvalue weighted by molar-refractivity contribution is 0.0595. The Balaban J connectivity index is 1.79. The lowest BCUT2D eigenvalue weighted by Gasteiger charge is -2.09. The van der Waals surface area contributed by atoms with E-state index in [9.17, 15) is 9.90 Å². The van der Waals surface area contributed by atoms with E-state index >= 15 is 0 Å². The molecular formula is C13H16N2O3S. The maximum absolute atomic E-state index is 11.3. The van der Waals surface area contributed by atoms with E-state index in [1.54, 1.807) is 23.6 Å². The summed E-state index contributed by atoms with van der Waals surface area (Å²) in [6.07, 6.45) is 1.24. The molecule has 5 nitrogen and oxygen atoms in total. The molecular weight excluding hydrogens is 264 g/mol. The number of esters is 1. The van der Waals surface area contributed by atoms with Crippen LogP contribution in [0.3, 0.4) is 0 Å². The van der Waals surface area contributed by atoms with Crippen molar-refractivity contribution in [2.45, 2.75) is 12.6 Å². The van der Waals surface area contributed by atoms with Crippen LogP contribution in [0, 0.1) is 0 Å². The summed E-state index contributed by atoms with van der Waals surface area (Å²) in [6.45, 7) is 1.05. The molecule has 0 fully saturated rings. The summed E-state index contributed by atoms with van der Waals surface area (Å²) in [7, 11) is 1.35. The first kappa shape index (κ1) is 13.8. The predicted octanol–water partition coefficient (Wildman–Crippen LogP) is 1.69. The number of aromatic amines is 1. The van der Waals surface area contributed by atoms with Crippen molar-refractivity contribution in [1.29, 1.82) is 0 Å². The van der Waals surface area contributed by atoms with Crippen LogP contribution in [0.5, 0.6) is 0 Å². The van der Waals surface area contributed by atoms with Crippen LogP contribution in [0.1, 0.15) is 27.7 Å². The van der Waals surface area contributed by atoms with Crippen molar-refractivity contribution in [2.24, 2.45) is 0 Å². The highest BCUT2D eigenvalue weighted by atomic mass is 32.1. The molecule has 0 spiro atoms. The third-order valence-corrected chi connectivity index (χ3v) is 3.44. The molecule has 2 aromatic heterocycles. The van der Waals surface area contributed by atoms with E-state index in [4.69, 9.17) is 0 Å². The largest absolute Gasteiger partial charge is 0.464 e. The Morgan fingerprint density at radius 2 is 2.47 bits per heavy atom. The van der Waals surface area contributed by atoms with E-state index in [0.717, 1.165) is 11.1 Å².